The van der Waals surface area contributed by atoms with Crippen molar-refractivity contribution in [2.75, 3.05) is 11.1 Å². The maximum absolute atomic E-state index is 13.3. The largest absolute Gasteiger partial charge is 0.399 e. The molecule has 4 nitrogen and oxygen atoms in total. The summed E-state index contributed by atoms with van der Waals surface area (Å²) in [5.74, 6) is -1.34. The first-order chi connectivity index (χ1) is 9.38. The normalized spacial score (nSPS) is 10.3. The number of anilines is 3. The highest BCUT2D eigenvalue weighted by atomic mass is 35.5. The number of primary amides is 1. The smallest absolute Gasteiger partial charge is 0.250 e. The van der Waals surface area contributed by atoms with E-state index in [9.17, 15) is 9.18 Å². The molecular weight excluding hydrogens is 304 g/mol. The first kappa shape index (κ1) is 14.4. The van der Waals surface area contributed by atoms with Crippen molar-refractivity contribution in [3.8, 4) is 0 Å². The Balaban J connectivity index is 2.42. The molecule has 0 saturated heterocycles. The van der Waals surface area contributed by atoms with Gasteiger partial charge in [-0.1, -0.05) is 23.2 Å². The van der Waals surface area contributed by atoms with Crippen LogP contribution < -0.4 is 16.8 Å². The number of amides is 1. The fourth-order valence-electron chi connectivity index (χ4n) is 1.66. The van der Waals surface area contributed by atoms with Gasteiger partial charge in [0, 0.05) is 11.4 Å². The maximum atomic E-state index is 13.3. The average molecular weight is 314 g/mol. The Morgan fingerprint density at radius 1 is 1.15 bits per heavy atom. The molecule has 0 radical (unpaired) electrons. The lowest BCUT2D eigenvalue weighted by Crippen LogP contribution is -2.13. The molecule has 0 unspecified atom stereocenters. The second-order valence-electron chi connectivity index (χ2n) is 4.05. The number of halogens is 3. The zero-order chi connectivity index (χ0) is 14.9. The summed E-state index contributed by atoms with van der Waals surface area (Å²) in [7, 11) is 0. The molecule has 0 fully saturated rings. The second kappa shape index (κ2) is 5.56. The third-order valence-corrected chi connectivity index (χ3v) is 3.12. The quantitative estimate of drug-likeness (QED) is 0.598. The van der Waals surface area contributed by atoms with Gasteiger partial charge in [0.05, 0.1) is 21.3 Å². The third-order valence-electron chi connectivity index (χ3n) is 2.57. The SMILES string of the molecule is NC(=O)c1cc(N)ccc1Nc1cc(Cl)c(F)c(Cl)c1. The van der Waals surface area contributed by atoms with Crippen molar-refractivity contribution in [1.29, 1.82) is 0 Å². The summed E-state index contributed by atoms with van der Waals surface area (Å²) in [6.07, 6.45) is 0. The van der Waals surface area contributed by atoms with Crippen molar-refractivity contribution >= 4 is 46.2 Å². The third kappa shape index (κ3) is 2.95. The highest BCUT2D eigenvalue weighted by Crippen LogP contribution is 2.30. The summed E-state index contributed by atoms with van der Waals surface area (Å²) < 4.78 is 13.3. The van der Waals surface area contributed by atoms with E-state index in [0.717, 1.165) is 0 Å². The molecule has 2 rings (SSSR count). The molecule has 7 heteroatoms. The standard InChI is InChI=1S/C13H10Cl2FN3O/c14-9-4-7(5-10(15)12(9)16)19-11-2-1-6(17)3-8(11)13(18)20/h1-5,19H,17H2,(H2,18,20). The van der Waals surface area contributed by atoms with Crippen LogP contribution in [0.25, 0.3) is 0 Å². The van der Waals surface area contributed by atoms with Crippen LogP contribution in [0.3, 0.4) is 0 Å². The summed E-state index contributed by atoms with van der Waals surface area (Å²) in [5.41, 5.74) is 12.3. The van der Waals surface area contributed by atoms with Crippen LogP contribution in [0.4, 0.5) is 21.5 Å². The van der Waals surface area contributed by atoms with Gasteiger partial charge in [-0.3, -0.25) is 4.79 Å². The second-order valence-corrected chi connectivity index (χ2v) is 4.86. The van der Waals surface area contributed by atoms with Crippen molar-refractivity contribution < 1.29 is 9.18 Å². The Morgan fingerprint density at radius 2 is 1.75 bits per heavy atom. The van der Waals surface area contributed by atoms with E-state index in [1.54, 1.807) is 12.1 Å². The first-order valence-electron chi connectivity index (χ1n) is 5.49. The number of nitrogens with two attached hydrogens (primary N) is 2. The van der Waals surface area contributed by atoms with Crippen molar-refractivity contribution in [3.63, 3.8) is 0 Å². The van der Waals surface area contributed by atoms with Crippen LogP contribution in [-0.2, 0) is 0 Å². The molecule has 0 heterocycles. The van der Waals surface area contributed by atoms with Crippen LogP contribution in [0.1, 0.15) is 10.4 Å². The topological polar surface area (TPSA) is 81.1 Å². The van der Waals surface area contributed by atoms with E-state index in [0.29, 0.717) is 17.1 Å². The number of nitrogen functional groups attached to an aromatic ring is 1. The molecule has 0 aliphatic carbocycles. The first-order valence-corrected chi connectivity index (χ1v) is 6.25. The van der Waals surface area contributed by atoms with Gasteiger partial charge in [0.25, 0.3) is 5.91 Å². The number of carbonyl (C=O) groups excluding carboxylic acids is 1. The van der Waals surface area contributed by atoms with E-state index in [-0.39, 0.29) is 15.6 Å². The highest BCUT2D eigenvalue weighted by molar-refractivity contribution is 6.35. The van der Waals surface area contributed by atoms with Gasteiger partial charge >= 0.3 is 0 Å². The summed E-state index contributed by atoms with van der Waals surface area (Å²) in [5, 5.41) is 2.64. The number of hydrogen-bond donors (Lipinski definition) is 3. The summed E-state index contributed by atoms with van der Waals surface area (Å²) >= 11 is 11.4. The van der Waals surface area contributed by atoms with Crippen LogP contribution in [0, 0.1) is 5.82 Å². The zero-order valence-corrected chi connectivity index (χ0v) is 11.6. The zero-order valence-electron chi connectivity index (χ0n) is 10.1. The van der Waals surface area contributed by atoms with E-state index < -0.39 is 11.7 Å². The predicted molar refractivity (Wildman–Crippen MR) is 79.1 cm³/mol. The van der Waals surface area contributed by atoms with Gasteiger partial charge in [0.1, 0.15) is 0 Å². The van der Waals surface area contributed by atoms with Gasteiger partial charge in [0.15, 0.2) is 5.82 Å². The molecule has 0 saturated carbocycles. The molecular formula is C13H10Cl2FN3O. The van der Waals surface area contributed by atoms with Crippen molar-refractivity contribution in [1.82, 2.24) is 0 Å². The lowest BCUT2D eigenvalue weighted by atomic mass is 10.1. The summed E-state index contributed by atoms with van der Waals surface area (Å²) in [6, 6.07) is 7.33. The molecule has 5 N–H and O–H groups in total. The number of carbonyl (C=O) groups is 1. The van der Waals surface area contributed by atoms with E-state index in [2.05, 4.69) is 5.32 Å². The molecule has 0 spiro atoms. The molecule has 0 aliphatic heterocycles. The van der Waals surface area contributed by atoms with Crippen LogP contribution in [-0.4, -0.2) is 5.91 Å². The molecule has 1 amide bonds. The Bertz CT molecular complexity index is 668. The van der Waals surface area contributed by atoms with Crippen molar-refractivity contribution in [2.45, 2.75) is 0 Å². The van der Waals surface area contributed by atoms with Crippen molar-refractivity contribution in [2.24, 2.45) is 5.73 Å². The molecule has 2 aromatic carbocycles. The molecule has 104 valence electrons. The fraction of sp³-hybridized carbons (Fsp3) is 0. The van der Waals surface area contributed by atoms with E-state index >= 15 is 0 Å². The number of nitrogens with one attached hydrogen (secondary N) is 1. The molecule has 0 aromatic heterocycles. The van der Waals surface area contributed by atoms with E-state index in [4.69, 9.17) is 34.7 Å². The van der Waals surface area contributed by atoms with Gasteiger partial charge in [-0.15, -0.1) is 0 Å². The highest BCUT2D eigenvalue weighted by Gasteiger charge is 2.11. The van der Waals surface area contributed by atoms with Crippen LogP contribution in [0.5, 0.6) is 0 Å². The van der Waals surface area contributed by atoms with Gasteiger partial charge in [-0.05, 0) is 30.3 Å². The maximum Gasteiger partial charge on any atom is 0.250 e. The lowest BCUT2D eigenvalue weighted by molar-refractivity contribution is 0.100. The van der Waals surface area contributed by atoms with Crippen LogP contribution in [0.2, 0.25) is 10.0 Å². The molecule has 0 aliphatic rings. The Morgan fingerprint density at radius 3 is 2.30 bits per heavy atom. The minimum atomic E-state index is -0.702. The minimum Gasteiger partial charge on any atom is -0.399 e. The molecule has 2 aromatic rings. The number of hydrogen-bond acceptors (Lipinski definition) is 3. The lowest BCUT2D eigenvalue weighted by Gasteiger charge is -2.12. The number of rotatable bonds is 3. The fourth-order valence-corrected chi connectivity index (χ4v) is 2.14. The van der Waals surface area contributed by atoms with Crippen molar-refractivity contribution in [3.05, 3.63) is 51.8 Å². The average Bonchev–Trinajstić information content (AvgIpc) is 2.37. The Labute approximate surface area is 124 Å². The Kier molecular flexibility index (Phi) is 4.01. The monoisotopic (exact) mass is 313 g/mol. The summed E-state index contributed by atoms with van der Waals surface area (Å²) in [6.45, 7) is 0. The van der Waals surface area contributed by atoms with E-state index in [1.165, 1.54) is 18.2 Å². The Hall–Kier alpha value is -1.98. The number of benzene rings is 2. The van der Waals surface area contributed by atoms with Gasteiger partial charge in [-0.25, -0.2) is 4.39 Å². The van der Waals surface area contributed by atoms with Gasteiger partial charge in [-0.2, -0.15) is 0 Å². The molecule has 0 bridgehead atoms. The van der Waals surface area contributed by atoms with Crippen LogP contribution in [0.15, 0.2) is 30.3 Å². The van der Waals surface area contributed by atoms with E-state index in [1.807, 2.05) is 0 Å². The van der Waals surface area contributed by atoms with Gasteiger partial charge in [0.2, 0.25) is 0 Å². The summed E-state index contributed by atoms with van der Waals surface area (Å²) in [4.78, 5) is 11.4. The molecule has 20 heavy (non-hydrogen) atoms. The minimum absolute atomic E-state index is 0.129. The van der Waals surface area contributed by atoms with Crippen LogP contribution >= 0.6 is 23.2 Å². The predicted octanol–water partition coefficient (Wildman–Crippen LogP) is 3.56. The molecule has 0 atom stereocenters. The van der Waals surface area contributed by atoms with Gasteiger partial charge < -0.3 is 16.8 Å².